The Bertz CT molecular complexity index is 1010. The summed E-state index contributed by atoms with van der Waals surface area (Å²) in [5, 5.41) is 9.80. The number of benzene rings is 2. The van der Waals surface area contributed by atoms with Gasteiger partial charge in [-0.15, -0.1) is 0 Å². The fraction of sp³-hybridized carbons (Fsp3) is 0.250. The monoisotopic (exact) mass is 386 g/mol. The van der Waals surface area contributed by atoms with Gasteiger partial charge in [0, 0.05) is 18.2 Å². The molecule has 0 amide bonds. The first kappa shape index (κ1) is 20.6. The third-order valence-electron chi connectivity index (χ3n) is 3.80. The van der Waals surface area contributed by atoms with Gasteiger partial charge in [-0.1, -0.05) is 5.92 Å². The zero-order valence-corrected chi connectivity index (χ0v) is 15.7. The second kappa shape index (κ2) is 8.77. The van der Waals surface area contributed by atoms with Crippen molar-refractivity contribution in [2.75, 3.05) is 21.3 Å². The van der Waals surface area contributed by atoms with Crippen LogP contribution in [0.3, 0.4) is 0 Å². The number of carbonyl (C=O) groups is 3. The van der Waals surface area contributed by atoms with E-state index in [0.29, 0.717) is 27.8 Å². The van der Waals surface area contributed by atoms with Crippen molar-refractivity contribution in [2.24, 2.45) is 0 Å². The third-order valence-corrected chi connectivity index (χ3v) is 3.80. The Balaban J connectivity index is 3.01. The van der Waals surface area contributed by atoms with Crippen molar-refractivity contribution in [3.05, 3.63) is 29.3 Å². The van der Waals surface area contributed by atoms with Gasteiger partial charge in [-0.25, -0.2) is 4.79 Å². The lowest BCUT2D eigenvalue weighted by molar-refractivity contribution is -0.139. The van der Waals surface area contributed by atoms with Crippen LogP contribution in [-0.2, 0) is 25.5 Å². The highest BCUT2D eigenvalue weighted by atomic mass is 16.5. The normalized spacial score (nSPS) is 9.86. The van der Waals surface area contributed by atoms with E-state index < -0.39 is 17.9 Å². The zero-order valence-electron chi connectivity index (χ0n) is 15.7. The lowest BCUT2D eigenvalue weighted by atomic mass is 9.96. The van der Waals surface area contributed by atoms with E-state index in [-0.39, 0.29) is 17.7 Å². The van der Waals surface area contributed by atoms with Gasteiger partial charge in [-0.2, -0.15) is 0 Å². The minimum Gasteiger partial charge on any atom is -0.496 e. The number of carboxylic acids is 1. The topological polar surface area (TPSA) is 108 Å². The highest BCUT2D eigenvalue weighted by molar-refractivity contribution is 6.02. The Morgan fingerprint density at radius 1 is 1.07 bits per heavy atom. The SMILES string of the molecule is COC(=O)Cc1cc2c(OC)ccc(OC)c2c(OC(C)=O)c1C#CC(=O)O. The lowest BCUT2D eigenvalue weighted by Gasteiger charge is -2.17. The standard InChI is InChI=1S/C20H18O8/c1-11(21)28-20-13(5-8-17(22)23)12(10-18(24)27-4)9-14-15(25-2)6-7-16(26-3)19(14)20/h6-7,9H,10H2,1-4H3,(H,22,23). The number of fused-ring (bicyclic) bond motifs is 1. The molecule has 0 spiro atoms. The maximum Gasteiger partial charge on any atom is 0.382 e. The molecule has 0 saturated heterocycles. The quantitative estimate of drug-likeness (QED) is 0.472. The van der Waals surface area contributed by atoms with Gasteiger partial charge in [-0.3, -0.25) is 9.59 Å². The van der Waals surface area contributed by atoms with Crippen LogP contribution < -0.4 is 14.2 Å². The maximum absolute atomic E-state index is 11.9. The van der Waals surface area contributed by atoms with Crippen molar-refractivity contribution in [2.45, 2.75) is 13.3 Å². The number of hydrogen-bond donors (Lipinski definition) is 1. The molecule has 0 aromatic heterocycles. The maximum atomic E-state index is 11.9. The molecule has 0 atom stereocenters. The fourth-order valence-electron chi connectivity index (χ4n) is 2.69. The van der Waals surface area contributed by atoms with Crippen LogP contribution in [0, 0.1) is 11.8 Å². The molecule has 0 aliphatic rings. The van der Waals surface area contributed by atoms with E-state index in [9.17, 15) is 14.4 Å². The van der Waals surface area contributed by atoms with Crippen LogP contribution in [0.2, 0.25) is 0 Å². The van der Waals surface area contributed by atoms with Gasteiger partial charge in [0.05, 0.1) is 38.7 Å². The molecule has 0 heterocycles. The van der Waals surface area contributed by atoms with Gasteiger partial charge < -0.3 is 24.1 Å². The second-order valence-electron chi connectivity index (χ2n) is 5.53. The predicted octanol–water partition coefficient (Wildman–Crippen LogP) is 1.93. The van der Waals surface area contributed by atoms with Gasteiger partial charge in [0.15, 0.2) is 5.75 Å². The minimum atomic E-state index is -1.38. The van der Waals surface area contributed by atoms with Gasteiger partial charge in [0.1, 0.15) is 11.5 Å². The molecule has 0 bridgehead atoms. The summed E-state index contributed by atoms with van der Waals surface area (Å²) < 4.78 is 20.8. The molecule has 2 aromatic carbocycles. The van der Waals surface area contributed by atoms with Crippen LogP contribution in [0.1, 0.15) is 18.1 Å². The Kier molecular flexibility index (Phi) is 6.45. The molecule has 0 unspecified atom stereocenters. The molecule has 146 valence electrons. The number of carboxylic acid groups (broad SMARTS) is 1. The highest BCUT2D eigenvalue weighted by Crippen LogP contribution is 2.43. The zero-order chi connectivity index (χ0) is 20.8. The molecule has 8 nitrogen and oxygen atoms in total. The van der Waals surface area contributed by atoms with E-state index in [2.05, 4.69) is 5.92 Å². The molecule has 0 fully saturated rings. The van der Waals surface area contributed by atoms with Crippen LogP contribution in [0.15, 0.2) is 18.2 Å². The molecule has 8 heteroatoms. The summed E-state index contributed by atoms with van der Waals surface area (Å²) in [6.07, 6.45) is -0.218. The smallest absolute Gasteiger partial charge is 0.382 e. The summed E-state index contributed by atoms with van der Waals surface area (Å²) in [5.41, 5.74) is 0.387. The Morgan fingerprint density at radius 3 is 2.25 bits per heavy atom. The van der Waals surface area contributed by atoms with Gasteiger partial charge >= 0.3 is 17.9 Å². The third kappa shape index (κ3) is 4.32. The molecule has 0 saturated carbocycles. The Labute approximate surface area is 160 Å². The fourth-order valence-corrected chi connectivity index (χ4v) is 2.69. The number of carbonyl (C=O) groups excluding carboxylic acids is 2. The average molecular weight is 386 g/mol. The van der Waals surface area contributed by atoms with Gasteiger partial charge in [0.25, 0.3) is 0 Å². The van der Waals surface area contributed by atoms with E-state index in [1.165, 1.54) is 28.3 Å². The average Bonchev–Trinajstić information content (AvgIpc) is 2.65. The van der Waals surface area contributed by atoms with Crippen molar-refractivity contribution >= 4 is 28.7 Å². The Hall–Kier alpha value is -3.73. The van der Waals surface area contributed by atoms with Crippen molar-refractivity contribution in [3.8, 4) is 29.1 Å². The lowest BCUT2D eigenvalue weighted by Crippen LogP contribution is -2.10. The number of hydrogen-bond acceptors (Lipinski definition) is 7. The molecular weight excluding hydrogens is 368 g/mol. The van der Waals surface area contributed by atoms with E-state index >= 15 is 0 Å². The van der Waals surface area contributed by atoms with E-state index in [4.69, 9.17) is 24.1 Å². The van der Waals surface area contributed by atoms with Crippen LogP contribution in [0.5, 0.6) is 17.2 Å². The predicted molar refractivity (Wildman–Crippen MR) is 98.6 cm³/mol. The highest BCUT2D eigenvalue weighted by Gasteiger charge is 2.22. The van der Waals surface area contributed by atoms with E-state index in [0.717, 1.165) is 0 Å². The summed E-state index contributed by atoms with van der Waals surface area (Å²) in [6, 6.07) is 4.87. The first-order chi connectivity index (χ1) is 13.3. The molecular formula is C20H18O8. The second-order valence-corrected chi connectivity index (χ2v) is 5.53. The molecule has 0 radical (unpaired) electrons. The summed E-state index contributed by atoms with van der Waals surface area (Å²) in [4.78, 5) is 34.6. The van der Waals surface area contributed by atoms with Crippen LogP contribution in [0.25, 0.3) is 10.8 Å². The van der Waals surface area contributed by atoms with Gasteiger partial charge in [0.2, 0.25) is 0 Å². The number of ether oxygens (including phenoxy) is 4. The number of aliphatic carboxylic acids is 1. The van der Waals surface area contributed by atoms with Crippen LogP contribution in [-0.4, -0.2) is 44.3 Å². The number of rotatable bonds is 5. The van der Waals surface area contributed by atoms with Crippen molar-refractivity contribution < 1.29 is 38.4 Å². The van der Waals surface area contributed by atoms with Crippen molar-refractivity contribution in [1.82, 2.24) is 0 Å². The van der Waals surface area contributed by atoms with Crippen LogP contribution >= 0.6 is 0 Å². The summed E-state index contributed by atoms with van der Waals surface area (Å²) in [7, 11) is 4.12. The van der Waals surface area contributed by atoms with Crippen LogP contribution in [0.4, 0.5) is 0 Å². The number of methoxy groups -OCH3 is 3. The Morgan fingerprint density at radius 2 is 1.71 bits per heavy atom. The largest absolute Gasteiger partial charge is 0.496 e. The molecule has 0 aliphatic carbocycles. The summed E-state index contributed by atoms with van der Waals surface area (Å²) >= 11 is 0. The van der Waals surface area contributed by atoms with Crippen molar-refractivity contribution in [3.63, 3.8) is 0 Å². The molecule has 2 aromatic rings. The first-order valence-electron chi connectivity index (χ1n) is 8.03. The molecule has 1 N–H and O–H groups in total. The summed E-state index contributed by atoms with van der Waals surface area (Å²) in [6.45, 7) is 1.19. The first-order valence-corrected chi connectivity index (χ1v) is 8.03. The number of esters is 2. The van der Waals surface area contributed by atoms with Gasteiger partial charge in [-0.05, 0) is 23.8 Å². The molecule has 2 rings (SSSR count). The molecule has 0 aliphatic heterocycles. The van der Waals surface area contributed by atoms with E-state index in [1.54, 1.807) is 18.2 Å². The summed E-state index contributed by atoms with van der Waals surface area (Å²) in [5.74, 6) is 2.62. The molecule has 28 heavy (non-hydrogen) atoms. The minimum absolute atomic E-state index is 0.0200. The van der Waals surface area contributed by atoms with Crippen molar-refractivity contribution in [1.29, 1.82) is 0 Å². The van der Waals surface area contributed by atoms with E-state index in [1.807, 2.05) is 5.92 Å².